The highest BCUT2D eigenvalue weighted by Gasteiger charge is 2.33. The first-order valence-electron chi connectivity index (χ1n) is 11.0. The Labute approximate surface area is 200 Å². The first kappa shape index (κ1) is 22.4. The zero-order valence-corrected chi connectivity index (χ0v) is 19.1. The quantitative estimate of drug-likeness (QED) is 0.378. The van der Waals surface area contributed by atoms with Crippen LogP contribution in [0.1, 0.15) is 22.0 Å². The number of halogens is 1. The first-order valence-corrected chi connectivity index (χ1v) is 11.0. The second-order valence-electron chi connectivity index (χ2n) is 8.29. The maximum Gasteiger partial charge on any atom is 0.414 e. The number of Topliss-reactive ketones (excluding diaryl/α,β-unsaturated/α-hetero) is 1. The third kappa shape index (κ3) is 4.52. The molecule has 0 radical (unpaired) electrons. The smallest absolute Gasteiger partial charge is 0.414 e. The number of nitrogens with zero attached hydrogens (tertiary/aromatic N) is 7. The zero-order chi connectivity index (χ0) is 24.5. The Bertz CT molecular complexity index is 1360. The second-order valence-corrected chi connectivity index (χ2v) is 8.29. The minimum absolute atomic E-state index is 0.136. The largest absolute Gasteiger partial charge is 0.442 e. The van der Waals surface area contributed by atoms with E-state index in [0.29, 0.717) is 23.4 Å². The lowest BCUT2D eigenvalue weighted by Gasteiger charge is -2.14. The number of ketones is 1. The highest BCUT2D eigenvalue weighted by molar-refractivity contribution is 5.94. The lowest BCUT2D eigenvalue weighted by atomic mass is 10.1. The maximum atomic E-state index is 15.0. The summed E-state index contributed by atoms with van der Waals surface area (Å²) in [6, 6.07) is 7.77. The molecule has 1 aliphatic rings. The number of carbonyl (C=O) groups is 2. The molecule has 0 saturated carbocycles. The number of aryl methyl sites for hydroxylation is 2. The van der Waals surface area contributed by atoms with Crippen molar-refractivity contribution in [3.8, 4) is 11.1 Å². The van der Waals surface area contributed by atoms with Crippen molar-refractivity contribution >= 4 is 17.6 Å². The van der Waals surface area contributed by atoms with Crippen LogP contribution in [0.4, 0.5) is 14.9 Å². The molecule has 0 bridgehead atoms. The molecule has 5 rings (SSSR count). The second kappa shape index (κ2) is 9.09. The number of aromatic nitrogens is 6. The maximum absolute atomic E-state index is 15.0. The predicted octanol–water partition coefficient (Wildman–Crippen LogP) is 3.20. The molecule has 178 valence electrons. The number of hydrogen-bond donors (Lipinski definition) is 0. The molecule has 1 atom stereocenters. The molecule has 1 amide bonds. The van der Waals surface area contributed by atoms with Crippen molar-refractivity contribution in [2.45, 2.75) is 33.0 Å². The molecule has 4 heterocycles. The highest BCUT2D eigenvalue weighted by Crippen LogP contribution is 2.29. The summed E-state index contributed by atoms with van der Waals surface area (Å²) in [6.45, 7) is 4.49. The molecule has 4 aromatic rings. The molecule has 35 heavy (non-hydrogen) atoms. The van der Waals surface area contributed by atoms with Crippen LogP contribution in [-0.4, -0.2) is 54.1 Å². The molecular formula is C24H22FN7O3. The molecule has 1 fully saturated rings. The third-order valence-corrected chi connectivity index (χ3v) is 5.92. The summed E-state index contributed by atoms with van der Waals surface area (Å²) in [6.07, 6.45) is 5.44. The van der Waals surface area contributed by atoms with Gasteiger partial charge in [-0.3, -0.25) is 14.7 Å². The number of imidazole rings is 1. The van der Waals surface area contributed by atoms with Crippen LogP contribution in [0.5, 0.6) is 0 Å². The number of hydrogen-bond acceptors (Lipinski definition) is 7. The number of ether oxygens (including phenoxy) is 1. The number of benzene rings is 1. The van der Waals surface area contributed by atoms with Crippen molar-refractivity contribution in [2.24, 2.45) is 0 Å². The van der Waals surface area contributed by atoms with Crippen LogP contribution < -0.4 is 4.90 Å². The lowest BCUT2D eigenvalue weighted by Crippen LogP contribution is -2.26. The van der Waals surface area contributed by atoms with E-state index < -0.39 is 18.0 Å². The van der Waals surface area contributed by atoms with Gasteiger partial charge in [-0.25, -0.2) is 18.9 Å². The van der Waals surface area contributed by atoms with Crippen molar-refractivity contribution in [2.75, 3.05) is 11.4 Å². The Hall–Kier alpha value is -4.41. The van der Waals surface area contributed by atoms with Crippen LogP contribution in [0.25, 0.3) is 11.1 Å². The molecule has 11 heteroatoms. The summed E-state index contributed by atoms with van der Waals surface area (Å²) in [4.78, 5) is 34.8. The van der Waals surface area contributed by atoms with Gasteiger partial charge in [-0.1, -0.05) is 11.3 Å². The fraction of sp³-hybridized carbons (Fsp3) is 0.250. The van der Waals surface area contributed by atoms with E-state index in [0.717, 1.165) is 11.5 Å². The van der Waals surface area contributed by atoms with E-state index in [1.165, 1.54) is 17.2 Å². The normalized spacial score (nSPS) is 15.5. The monoisotopic (exact) mass is 475 g/mol. The van der Waals surface area contributed by atoms with Crippen LogP contribution >= 0.6 is 0 Å². The van der Waals surface area contributed by atoms with Gasteiger partial charge in [0.2, 0.25) is 5.78 Å². The van der Waals surface area contributed by atoms with E-state index in [-0.39, 0.29) is 24.6 Å². The minimum atomic E-state index is -0.546. The molecule has 1 saturated heterocycles. The molecule has 1 aliphatic heterocycles. The zero-order valence-electron chi connectivity index (χ0n) is 19.1. The van der Waals surface area contributed by atoms with Crippen molar-refractivity contribution in [3.05, 3.63) is 78.1 Å². The van der Waals surface area contributed by atoms with Crippen LogP contribution in [0.3, 0.4) is 0 Å². The Morgan fingerprint density at radius 3 is 2.69 bits per heavy atom. The topological polar surface area (TPSA) is 108 Å². The Morgan fingerprint density at radius 1 is 1.17 bits per heavy atom. The average molecular weight is 475 g/mol. The summed E-state index contributed by atoms with van der Waals surface area (Å²) < 4.78 is 23.8. The van der Waals surface area contributed by atoms with E-state index in [1.807, 2.05) is 18.4 Å². The van der Waals surface area contributed by atoms with Gasteiger partial charge < -0.3 is 9.30 Å². The van der Waals surface area contributed by atoms with Gasteiger partial charge in [0.15, 0.2) is 0 Å². The molecule has 10 nitrogen and oxygen atoms in total. The summed E-state index contributed by atoms with van der Waals surface area (Å²) in [5.41, 5.74) is 2.41. The number of cyclic esters (lactones) is 1. The fourth-order valence-corrected chi connectivity index (χ4v) is 4.04. The fourth-order valence-electron chi connectivity index (χ4n) is 4.04. The highest BCUT2D eigenvalue weighted by atomic mass is 19.1. The van der Waals surface area contributed by atoms with E-state index in [9.17, 15) is 9.59 Å². The third-order valence-electron chi connectivity index (χ3n) is 5.92. The van der Waals surface area contributed by atoms with Gasteiger partial charge >= 0.3 is 6.09 Å². The molecule has 0 spiro atoms. The number of rotatable bonds is 7. The van der Waals surface area contributed by atoms with Crippen LogP contribution in [0.15, 0.2) is 55.1 Å². The number of amides is 1. The standard InChI is InChI=1S/C24H22FN7O3/c1-15-10-26-16(2)31(15)14-23(33)22-6-3-17(11-27-22)20-5-4-18(9-21(20)25)32-13-19(35-24(32)34)12-30-8-7-28-29-30/h3-11,19H,12-14H2,1-2H3/t19-/m0/s1. The van der Waals surface area contributed by atoms with Gasteiger partial charge in [0, 0.05) is 35.4 Å². The summed E-state index contributed by atoms with van der Waals surface area (Å²) in [7, 11) is 0. The number of pyridine rings is 1. The molecule has 1 aromatic carbocycles. The van der Waals surface area contributed by atoms with Gasteiger partial charge in [-0.15, -0.1) is 5.10 Å². The van der Waals surface area contributed by atoms with Gasteiger partial charge in [-0.05, 0) is 38.1 Å². The van der Waals surface area contributed by atoms with Crippen LogP contribution in [0, 0.1) is 19.7 Å². The van der Waals surface area contributed by atoms with Crippen molar-refractivity contribution in [1.29, 1.82) is 0 Å². The van der Waals surface area contributed by atoms with Gasteiger partial charge in [0.1, 0.15) is 23.4 Å². The molecule has 0 N–H and O–H groups in total. The van der Waals surface area contributed by atoms with Crippen molar-refractivity contribution in [3.63, 3.8) is 0 Å². The van der Waals surface area contributed by atoms with Crippen LogP contribution in [-0.2, 0) is 17.8 Å². The number of anilines is 1. The first-order chi connectivity index (χ1) is 16.9. The molecule has 0 aliphatic carbocycles. The van der Waals surface area contributed by atoms with Gasteiger partial charge in [0.05, 0.1) is 31.5 Å². The van der Waals surface area contributed by atoms with E-state index in [4.69, 9.17) is 4.74 Å². The molecular weight excluding hydrogens is 453 g/mol. The van der Waals surface area contributed by atoms with E-state index in [1.54, 1.807) is 47.5 Å². The predicted molar refractivity (Wildman–Crippen MR) is 123 cm³/mol. The van der Waals surface area contributed by atoms with E-state index in [2.05, 4.69) is 20.3 Å². The Morgan fingerprint density at radius 2 is 2.03 bits per heavy atom. The van der Waals surface area contributed by atoms with Gasteiger partial charge in [-0.2, -0.15) is 0 Å². The SMILES string of the molecule is Cc1cnc(C)n1CC(=O)c1ccc(-c2ccc(N3C[C@H](Cn4ccnn4)OC3=O)cc2F)cn1. The molecule has 3 aromatic heterocycles. The summed E-state index contributed by atoms with van der Waals surface area (Å²) in [5, 5.41) is 7.60. The van der Waals surface area contributed by atoms with Crippen LogP contribution in [0.2, 0.25) is 0 Å². The summed E-state index contributed by atoms with van der Waals surface area (Å²) in [5.74, 6) is 0.0753. The Kier molecular flexibility index (Phi) is 5.81. The minimum Gasteiger partial charge on any atom is -0.442 e. The average Bonchev–Trinajstić information content (AvgIpc) is 3.57. The molecule has 0 unspecified atom stereocenters. The van der Waals surface area contributed by atoms with Gasteiger partial charge in [0.25, 0.3) is 0 Å². The Balaban J connectivity index is 1.29. The number of carbonyl (C=O) groups excluding carboxylic acids is 2. The lowest BCUT2D eigenvalue weighted by molar-refractivity contribution is 0.0965. The van der Waals surface area contributed by atoms with Crippen molar-refractivity contribution in [1.82, 2.24) is 29.5 Å². The summed E-state index contributed by atoms with van der Waals surface area (Å²) >= 11 is 0. The van der Waals surface area contributed by atoms with E-state index >= 15 is 4.39 Å². The van der Waals surface area contributed by atoms with Crippen molar-refractivity contribution < 1.29 is 18.7 Å².